The fourth-order valence-corrected chi connectivity index (χ4v) is 0.465. The number of Topliss-reactive ketones (excluding diaryl/α,β-unsaturated/α-hetero) is 1. The maximum Gasteiger partial charge on any atom is 0.404 e. The summed E-state index contributed by atoms with van der Waals surface area (Å²) < 4.78 is 8.63. The molecule has 0 aliphatic rings. The lowest BCUT2D eigenvalue weighted by Gasteiger charge is -1.92. The number of ketones is 1. The summed E-state index contributed by atoms with van der Waals surface area (Å²) in [6.45, 7) is 10.3. The molecular weight excluding hydrogens is 222 g/mol. The Hall–Kier alpha value is -1.10. The summed E-state index contributed by atoms with van der Waals surface area (Å²) in [4.78, 5) is 19.6. The quantitative estimate of drug-likeness (QED) is 0.779. The second-order valence-corrected chi connectivity index (χ2v) is 2.32. The molecule has 0 bridgehead atoms. The Bertz CT molecular complexity index is 149. The molecular formula is C12H29NO4. The Kier molecular flexibility index (Phi) is 43.1. The molecule has 0 spiro atoms. The number of carbonyl (C=O) groups is 2. The summed E-state index contributed by atoms with van der Waals surface area (Å²) in [6.07, 6.45) is 0.754. The molecule has 0 aliphatic heterocycles. The minimum Gasteiger partial charge on any atom is -0.453 e. The number of amides is 1. The number of ether oxygens (including phenoxy) is 2. The molecule has 17 heavy (non-hydrogen) atoms. The van der Waals surface area contributed by atoms with Gasteiger partial charge in [0.25, 0.3) is 0 Å². The van der Waals surface area contributed by atoms with Crippen molar-refractivity contribution in [2.24, 2.45) is 5.73 Å². The number of methoxy groups -OCH3 is 2. The molecule has 0 aromatic carbocycles. The Morgan fingerprint density at radius 3 is 1.59 bits per heavy atom. The predicted molar refractivity (Wildman–Crippen MR) is 71.1 cm³/mol. The first-order valence-electron chi connectivity index (χ1n) is 5.86. The molecule has 106 valence electrons. The van der Waals surface area contributed by atoms with Crippen molar-refractivity contribution in [3.63, 3.8) is 0 Å². The molecule has 2 N–H and O–H groups in total. The van der Waals surface area contributed by atoms with Crippen LogP contribution in [0.4, 0.5) is 4.79 Å². The van der Waals surface area contributed by atoms with E-state index in [4.69, 9.17) is 4.74 Å². The van der Waals surface area contributed by atoms with Crippen LogP contribution < -0.4 is 5.73 Å². The van der Waals surface area contributed by atoms with Crippen LogP contribution >= 0.6 is 0 Å². The van der Waals surface area contributed by atoms with Crippen LogP contribution in [0.15, 0.2) is 0 Å². The van der Waals surface area contributed by atoms with Crippen LogP contribution in [0.2, 0.25) is 0 Å². The van der Waals surface area contributed by atoms with Crippen LogP contribution in [0.3, 0.4) is 0 Å². The molecule has 0 saturated carbocycles. The maximum absolute atomic E-state index is 10.3. The zero-order chi connectivity index (χ0) is 14.7. The Morgan fingerprint density at radius 1 is 1.06 bits per heavy atom. The summed E-state index contributed by atoms with van der Waals surface area (Å²) in [7, 11) is 2.86. The van der Waals surface area contributed by atoms with Crippen molar-refractivity contribution in [2.75, 3.05) is 20.8 Å². The van der Waals surface area contributed by atoms with Crippen LogP contribution in [0.1, 0.15) is 47.5 Å². The Labute approximate surface area is 106 Å². The van der Waals surface area contributed by atoms with Gasteiger partial charge in [-0.15, -0.1) is 0 Å². The molecule has 0 aromatic heterocycles. The Morgan fingerprint density at radius 2 is 1.41 bits per heavy atom. The van der Waals surface area contributed by atoms with Gasteiger partial charge in [-0.3, -0.25) is 0 Å². The number of hydrogen-bond acceptors (Lipinski definition) is 4. The summed E-state index contributed by atoms with van der Waals surface area (Å²) in [5.74, 6) is 0.238. The first-order chi connectivity index (χ1) is 8.04. The van der Waals surface area contributed by atoms with E-state index in [9.17, 15) is 9.59 Å². The van der Waals surface area contributed by atoms with Gasteiger partial charge in [0.05, 0.1) is 7.11 Å². The molecule has 0 radical (unpaired) electrons. The zero-order valence-corrected chi connectivity index (χ0v) is 12.3. The summed E-state index contributed by atoms with van der Waals surface area (Å²) in [5, 5.41) is 0. The van der Waals surface area contributed by atoms with Crippen molar-refractivity contribution in [1.29, 1.82) is 0 Å². The van der Waals surface area contributed by atoms with Crippen LogP contribution in [0, 0.1) is 0 Å². The number of rotatable bonds is 4. The molecule has 0 saturated heterocycles. The molecule has 0 rings (SSSR count). The molecule has 0 aliphatic carbocycles. The van der Waals surface area contributed by atoms with Gasteiger partial charge in [-0.25, -0.2) is 4.79 Å². The van der Waals surface area contributed by atoms with E-state index in [1.165, 1.54) is 7.11 Å². The van der Waals surface area contributed by atoms with Gasteiger partial charge in [0.15, 0.2) is 0 Å². The number of hydrogen-bond donors (Lipinski definition) is 1. The van der Waals surface area contributed by atoms with E-state index in [-0.39, 0.29) is 5.78 Å². The largest absolute Gasteiger partial charge is 0.453 e. The molecule has 0 atom stereocenters. The van der Waals surface area contributed by atoms with Gasteiger partial charge in [-0.05, 0) is 13.3 Å². The highest BCUT2D eigenvalue weighted by Crippen LogP contribution is 1.88. The molecule has 0 fully saturated rings. The van der Waals surface area contributed by atoms with E-state index in [1.54, 1.807) is 14.0 Å². The van der Waals surface area contributed by atoms with E-state index in [1.807, 2.05) is 27.7 Å². The monoisotopic (exact) mass is 251 g/mol. The highest BCUT2D eigenvalue weighted by atomic mass is 16.5. The topological polar surface area (TPSA) is 78.6 Å². The number of carbonyl (C=O) groups excluding carboxylic acids is 2. The number of primary amides is 1. The predicted octanol–water partition coefficient (Wildman–Crippen LogP) is 2.77. The van der Waals surface area contributed by atoms with Crippen LogP contribution in [-0.4, -0.2) is 32.7 Å². The normalized spacial score (nSPS) is 7.00. The van der Waals surface area contributed by atoms with Gasteiger partial charge >= 0.3 is 6.09 Å². The summed E-state index contributed by atoms with van der Waals surface area (Å²) in [6, 6.07) is 0. The van der Waals surface area contributed by atoms with E-state index < -0.39 is 6.09 Å². The first-order valence-corrected chi connectivity index (χ1v) is 5.86. The highest BCUT2D eigenvalue weighted by Gasteiger charge is 1.89. The zero-order valence-electron chi connectivity index (χ0n) is 12.3. The minimum absolute atomic E-state index is 0.238. The molecule has 0 unspecified atom stereocenters. The average molecular weight is 251 g/mol. The molecule has 0 heterocycles. The average Bonchev–Trinajstić information content (AvgIpc) is 2.35. The van der Waals surface area contributed by atoms with Crippen LogP contribution in [0.25, 0.3) is 0 Å². The van der Waals surface area contributed by atoms with Gasteiger partial charge in [0.1, 0.15) is 5.78 Å². The van der Waals surface area contributed by atoms with Crippen molar-refractivity contribution in [3.8, 4) is 0 Å². The lowest BCUT2D eigenvalue weighted by molar-refractivity contribution is -0.117. The van der Waals surface area contributed by atoms with Crippen LogP contribution in [0.5, 0.6) is 0 Å². The fourth-order valence-electron chi connectivity index (χ4n) is 0.465. The molecule has 5 nitrogen and oxygen atoms in total. The third kappa shape index (κ3) is 71.2. The van der Waals surface area contributed by atoms with Crippen molar-refractivity contribution in [2.45, 2.75) is 47.5 Å². The van der Waals surface area contributed by atoms with Gasteiger partial charge in [0.2, 0.25) is 0 Å². The third-order valence-electron chi connectivity index (χ3n) is 1.08. The van der Waals surface area contributed by atoms with Gasteiger partial charge in [-0.1, -0.05) is 27.7 Å². The highest BCUT2D eigenvalue weighted by molar-refractivity contribution is 5.75. The smallest absolute Gasteiger partial charge is 0.404 e. The van der Waals surface area contributed by atoms with Crippen molar-refractivity contribution in [3.05, 3.63) is 0 Å². The third-order valence-corrected chi connectivity index (χ3v) is 1.08. The number of nitrogens with two attached hydrogens (primary N) is 1. The van der Waals surface area contributed by atoms with Crippen molar-refractivity contribution >= 4 is 11.9 Å². The Balaban J connectivity index is -0.0000000809. The van der Waals surface area contributed by atoms with E-state index in [0.717, 1.165) is 6.42 Å². The minimum atomic E-state index is -0.745. The van der Waals surface area contributed by atoms with E-state index in [2.05, 4.69) is 10.5 Å². The SMILES string of the molecule is CC.CC.COC(N)=O.COCCCC(C)=O. The lowest BCUT2D eigenvalue weighted by Crippen LogP contribution is -2.08. The molecule has 1 amide bonds. The van der Waals surface area contributed by atoms with Crippen LogP contribution in [-0.2, 0) is 14.3 Å². The summed E-state index contributed by atoms with van der Waals surface area (Å²) >= 11 is 0. The van der Waals surface area contributed by atoms with Gasteiger partial charge < -0.3 is 20.0 Å². The van der Waals surface area contributed by atoms with Gasteiger partial charge in [-0.2, -0.15) is 0 Å². The fraction of sp³-hybridized carbons (Fsp3) is 0.833. The van der Waals surface area contributed by atoms with Crippen molar-refractivity contribution in [1.82, 2.24) is 0 Å². The molecule has 5 heteroatoms. The maximum atomic E-state index is 10.3. The second kappa shape index (κ2) is 29.4. The first kappa shape index (κ1) is 24.9. The summed E-state index contributed by atoms with van der Waals surface area (Å²) in [5.41, 5.74) is 4.43. The van der Waals surface area contributed by atoms with E-state index in [0.29, 0.717) is 13.0 Å². The van der Waals surface area contributed by atoms with E-state index >= 15 is 0 Å². The second-order valence-electron chi connectivity index (χ2n) is 2.32. The standard InChI is InChI=1S/C6H12O2.C2H5NO2.2C2H6/c1-6(7)4-3-5-8-2;1-5-2(3)4;2*1-2/h3-5H2,1-2H3;1H3,(H2,3,4);2*1-2H3. The van der Waals surface area contributed by atoms with Gasteiger partial charge in [0, 0.05) is 20.1 Å². The molecule has 0 aromatic rings. The van der Waals surface area contributed by atoms with Crippen molar-refractivity contribution < 1.29 is 19.1 Å². The lowest BCUT2D eigenvalue weighted by atomic mass is 10.2.